The van der Waals surface area contributed by atoms with Crippen molar-refractivity contribution in [3.05, 3.63) is 64.0 Å². The van der Waals surface area contributed by atoms with E-state index in [2.05, 4.69) is 5.32 Å². The van der Waals surface area contributed by atoms with E-state index < -0.39 is 11.0 Å². The lowest BCUT2D eigenvalue weighted by molar-refractivity contribution is -0.384. The van der Waals surface area contributed by atoms with E-state index in [1.165, 1.54) is 19.2 Å². The molecule has 0 bridgehead atoms. The zero-order valence-corrected chi connectivity index (χ0v) is 11.7. The topological polar surface area (TPSA) is 64.4 Å². The molecule has 21 heavy (non-hydrogen) atoms. The third kappa shape index (κ3) is 3.10. The first-order valence-corrected chi connectivity index (χ1v) is 6.37. The number of nitro groups is 1. The summed E-state index contributed by atoms with van der Waals surface area (Å²) in [6.07, 6.45) is 0. The minimum atomic E-state index is -0.519. The van der Waals surface area contributed by atoms with Crippen LogP contribution in [-0.4, -0.2) is 12.0 Å². The van der Waals surface area contributed by atoms with Crippen molar-refractivity contribution in [2.24, 2.45) is 0 Å². The van der Waals surface area contributed by atoms with Crippen LogP contribution in [0.4, 0.5) is 15.8 Å². The second-order valence-corrected chi connectivity index (χ2v) is 4.50. The molecule has 0 aliphatic carbocycles. The molecule has 110 valence electrons. The number of rotatable bonds is 5. The number of methoxy groups -OCH3 is 1. The third-order valence-electron chi connectivity index (χ3n) is 3.15. The number of hydrogen-bond donors (Lipinski definition) is 1. The van der Waals surface area contributed by atoms with E-state index in [-0.39, 0.29) is 22.9 Å². The molecule has 5 nitrogen and oxygen atoms in total. The second-order valence-electron chi connectivity index (χ2n) is 4.50. The molecule has 0 spiro atoms. The number of anilines is 1. The van der Waals surface area contributed by atoms with Gasteiger partial charge in [0.1, 0.15) is 11.5 Å². The van der Waals surface area contributed by atoms with Gasteiger partial charge in [-0.1, -0.05) is 24.3 Å². The van der Waals surface area contributed by atoms with Crippen molar-refractivity contribution in [3.8, 4) is 5.75 Å². The van der Waals surface area contributed by atoms with Gasteiger partial charge in [0, 0.05) is 5.56 Å². The van der Waals surface area contributed by atoms with Crippen molar-refractivity contribution < 1.29 is 14.1 Å². The van der Waals surface area contributed by atoms with E-state index in [1.54, 1.807) is 37.3 Å². The Morgan fingerprint density at radius 1 is 1.24 bits per heavy atom. The highest BCUT2D eigenvalue weighted by molar-refractivity contribution is 5.69. The summed E-state index contributed by atoms with van der Waals surface area (Å²) in [5.41, 5.74) is 0.563. The first-order valence-electron chi connectivity index (χ1n) is 6.37. The maximum absolute atomic E-state index is 13.7. The lowest BCUT2D eigenvalue weighted by Gasteiger charge is -2.17. The van der Waals surface area contributed by atoms with E-state index in [9.17, 15) is 14.5 Å². The summed E-state index contributed by atoms with van der Waals surface area (Å²) in [4.78, 5) is 10.7. The minimum Gasteiger partial charge on any atom is -0.490 e. The Labute approximate surface area is 121 Å². The Balaban J connectivity index is 2.36. The molecule has 0 aromatic heterocycles. The SMILES string of the molecule is COc1cccc(NC(C)c2ccccc2F)c1[N+](=O)[O-]. The molecule has 0 aliphatic heterocycles. The van der Waals surface area contributed by atoms with Gasteiger partial charge in [-0.3, -0.25) is 10.1 Å². The fourth-order valence-electron chi connectivity index (χ4n) is 2.13. The van der Waals surface area contributed by atoms with Gasteiger partial charge in [-0.05, 0) is 25.1 Å². The highest BCUT2D eigenvalue weighted by atomic mass is 19.1. The van der Waals surface area contributed by atoms with Crippen LogP contribution in [0.3, 0.4) is 0 Å². The van der Waals surface area contributed by atoms with Crippen LogP contribution >= 0.6 is 0 Å². The largest absolute Gasteiger partial charge is 0.490 e. The number of ether oxygens (including phenoxy) is 1. The standard InChI is InChI=1S/C15H15FN2O3/c1-10(11-6-3-4-7-12(11)16)17-13-8-5-9-14(21-2)15(13)18(19)20/h3-10,17H,1-2H3. The van der Waals surface area contributed by atoms with Crippen LogP contribution in [-0.2, 0) is 0 Å². The van der Waals surface area contributed by atoms with Crippen LogP contribution in [0, 0.1) is 15.9 Å². The molecule has 2 aromatic rings. The molecule has 0 saturated carbocycles. The predicted molar refractivity (Wildman–Crippen MR) is 78.1 cm³/mol. The van der Waals surface area contributed by atoms with Crippen molar-refractivity contribution in [3.63, 3.8) is 0 Å². The van der Waals surface area contributed by atoms with E-state index in [0.717, 1.165) is 0 Å². The van der Waals surface area contributed by atoms with Gasteiger partial charge in [-0.15, -0.1) is 0 Å². The van der Waals surface area contributed by atoms with Crippen LogP contribution < -0.4 is 10.1 Å². The number of nitrogens with one attached hydrogen (secondary N) is 1. The number of nitro benzene ring substituents is 1. The maximum atomic E-state index is 13.7. The Morgan fingerprint density at radius 3 is 2.57 bits per heavy atom. The van der Waals surface area contributed by atoms with Crippen molar-refractivity contribution in [2.45, 2.75) is 13.0 Å². The Bertz CT molecular complexity index is 661. The van der Waals surface area contributed by atoms with E-state index in [0.29, 0.717) is 5.56 Å². The lowest BCUT2D eigenvalue weighted by atomic mass is 10.1. The normalized spacial score (nSPS) is 11.8. The summed E-state index contributed by atoms with van der Waals surface area (Å²) in [6, 6.07) is 10.6. The Kier molecular flexibility index (Phi) is 4.37. The second kappa shape index (κ2) is 6.21. The van der Waals surface area contributed by atoms with Crippen LogP contribution in [0.25, 0.3) is 0 Å². The molecule has 0 saturated heterocycles. The molecule has 0 amide bonds. The molecule has 1 unspecified atom stereocenters. The highest BCUT2D eigenvalue weighted by Crippen LogP contribution is 2.36. The molecule has 0 radical (unpaired) electrons. The molecule has 1 atom stereocenters. The summed E-state index contributed by atoms with van der Waals surface area (Å²) >= 11 is 0. The van der Waals surface area contributed by atoms with Gasteiger partial charge in [-0.2, -0.15) is 0 Å². The average Bonchev–Trinajstić information content (AvgIpc) is 2.46. The molecule has 2 rings (SSSR count). The van der Waals surface area contributed by atoms with Crippen LogP contribution in [0.5, 0.6) is 5.75 Å². The fourth-order valence-corrected chi connectivity index (χ4v) is 2.13. The Morgan fingerprint density at radius 2 is 1.95 bits per heavy atom. The van der Waals surface area contributed by atoms with Gasteiger partial charge < -0.3 is 10.1 Å². The molecule has 0 aliphatic rings. The summed E-state index contributed by atoms with van der Waals surface area (Å²) in [6.45, 7) is 1.74. The van der Waals surface area contributed by atoms with Crippen LogP contribution in [0.2, 0.25) is 0 Å². The third-order valence-corrected chi connectivity index (χ3v) is 3.15. The van der Waals surface area contributed by atoms with E-state index in [4.69, 9.17) is 4.74 Å². The van der Waals surface area contributed by atoms with Crippen molar-refractivity contribution in [1.82, 2.24) is 0 Å². The van der Waals surface area contributed by atoms with Crippen molar-refractivity contribution in [2.75, 3.05) is 12.4 Å². The monoisotopic (exact) mass is 290 g/mol. The molecule has 0 fully saturated rings. The molecule has 2 aromatic carbocycles. The van der Waals surface area contributed by atoms with Crippen LogP contribution in [0.1, 0.15) is 18.5 Å². The number of nitrogens with zero attached hydrogens (tertiary/aromatic N) is 1. The van der Waals surface area contributed by atoms with Gasteiger partial charge >= 0.3 is 5.69 Å². The highest BCUT2D eigenvalue weighted by Gasteiger charge is 2.22. The predicted octanol–water partition coefficient (Wildman–Crippen LogP) is 3.92. The van der Waals surface area contributed by atoms with E-state index >= 15 is 0 Å². The van der Waals surface area contributed by atoms with E-state index in [1.807, 2.05) is 0 Å². The van der Waals surface area contributed by atoms with Crippen LogP contribution in [0.15, 0.2) is 42.5 Å². The summed E-state index contributed by atoms with van der Waals surface area (Å²) in [5, 5.41) is 14.2. The summed E-state index contributed by atoms with van der Waals surface area (Å²) < 4.78 is 18.8. The molecule has 6 heteroatoms. The van der Waals surface area contributed by atoms with Gasteiger partial charge in [0.15, 0.2) is 5.75 Å². The van der Waals surface area contributed by atoms with Gasteiger partial charge in [0.25, 0.3) is 0 Å². The Hall–Kier alpha value is -2.63. The number of benzene rings is 2. The van der Waals surface area contributed by atoms with Gasteiger partial charge in [-0.25, -0.2) is 4.39 Å². The zero-order chi connectivity index (χ0) is 15.4. The van der Waals surface area contributed by atoms with Crippen molar-refractivity contribution >= 4 is 11.4 Å². The van der Waals surface area contributed by atoms with Gasteiger partial charge in [0.05, 0.1) is 18.1 Å². The van der Waals surface area contributed by atoms with Gasteiger partial charge in [0.2, 0.25) is 0 Å². The zero-order valence-electron chi connectivity index (χ0n) is 11.7. The first-order chi connectivity index (χ1) is 10.0. The number of halogens is 1. The first kappa shape index (κ1) is 14.8. The molecular formula is C15H15FN2O3. The number of para-hydroxylation sites is 1. The maximum Gasteiger partial charge on any atom is 0.333 e. The summed E-state index contributed by atoms with van der Waals surface area (Å²) in [7, 11) is 1.37. The average molecular weight is 290 g/mol. The molecular weight excluding hydrogens is 275 g/mol. The molecule has 1 N–H and O–H groups in total. The summed E-state index contributed by atoms with van der Waals surface area (Å²) in [5.74, 6) is -0.200. The smallest absolute Gasteiger partial charge is 0.333 e. The minimum absolute atomic E-state index is 0.158. The number of hydrogen-bond acceptors (Lipinski definition) is 4. The quantitative estimate of drug-likeness (QED) is 0.669. The lowest BCUT2D eigenvalue weighted by Crippen LogP contribution is -2.10. The van der Waals surface area contributed by atoms with Crippen molar-refractivity contribution in [1.29, 1.82) is 0 Å². The fraction of sp³-hybridized carbons (Fsp3) is 0.200. The molecule has 0 heterocycles.